The Morgan fingerprint density at radius 3 is 2.89 bits per heavy atom. The van der Waals surface area contributed by atoms with Crippen LogP contribution in [0.15, 0.2) is 36.5 Å². The van der Waals surface area contributed by atoms with Crippen molar-refractivity contribution in [3.05, 3.63) is 69.9 Å². The first kappa shape index (κ1) is 17.5. The van der Waals surface area contributed by atoms with Gasteiger partial charge in [-0.05, 0) is 43.2 Å². The number of halogens is 2. The molecule has 4 rings (SSSR count). The number of ether oxygens (including phenoxy) is 1. The fourth-order valence-corrected chi connectivity index (χ4v) is 3.12. The molecule has 0 unspecified atom stereocenters. The number of nitrogen functional groups attached to an aromatic ring is 1. The molecule has 0 spiro atoms. The third kappa shape index (κ3) is 3.52. The van der Waals surface area contributed by atoms with Crippen LogP contribution in [0.2, 0.25) is 5.02 Å². The standard InChI is InChI=1S/C20H16ClFN4O/c1-12-8-19-15(11-27-12)18(6-2-13-3-7-20(23)24-10-13)25-26(19)14-4-5-17(22)16(21)9-14/h3-5,7,9-10,12H,8,11H2,1H3,(H2,23,24)/t12-/m0/s1. The molecule has 1 atom stereocenters. The molecule has 0 saturated heterocycles. The van der Waals surface area contributed by atoms with Crippen molar-refractivity contribution < 1.29 is 9.13 Å². The number of pyridine rings is 1. The highest BCUT2D eigenvalue weighted by atomic mass is 35.5. The average molecular weight is 383 g/mol. The predicted octanol–water partition coefficient (Wildman–Crippen LogP) is 3.50. The molecule has 0 aliphatic carbocycles. The molecule has 3 aromatic rings. The molecule has 3 heterocycles. The molecule has 2 N–H and O–H groups in total. The Morgan fingerprint density at radius 1 is 1.30 bits per heavy atom. The number of nitrogens with two attached hydrogens (primary N) is 1. The Kier molecular flexibility index (Phi) is 4.56. The van der Waals surface area contributed by atoms with Crippen molar-refractivity contribution in [1.29, 1.82) is 0 Å². The summed E-state index contributed by atoms with van der Waals surface area (Å²) in [6.07, 6.45) is 2.36. The largest absolute Gasteiger partial charge is 0.384 e. The molecule has 0 radical (unpaired) electrons. The lowest BCUT2D eigenvalue weighted by molar-refractivity contribution is 0.0397. The van der Waals surface area contributed by atoms with Crippen molar-refractivity contribution in [3.63, 3.8) is 0 Å². The lowest BCUT2D eigenvalue weighted by Gasteiger charge is -2.20. The van der Waals surface area contributed by atoms with Gasteiger partial charge in [0, 0.05) is 23.7 Å². The van der Waals surface area contributed by atoms with E-state index in [1.54, 1.807) is 35.1 Å². The van der Waals surface area contributed by atoms with Gasteiger partial charge in [0.2, 0.25) is 0 Å². The Balaban J connectivity index is 1.79. The van der Waals surface area contributed by atoms with Crippen LogP contribution in [0.5, 0.6) is 0 Å². The first-order valence-electron chi connectivity index (χ1n) is 8.42. The second kappa shape index (κ2) is 7.03. The van der Waals surface area contributed by atoms with Crippen LogP contribution >= 0.6 is 11.6 Å². The van der Waals surface area contributed by atoms with Gasteiger partial charge in [0.05, 0.1) is 29.1 Å². The van der Waals surface area contributed by atoms with Crippen LogP contribution in [0.1, 0.15) is 29.4 Å². The van der Waals surface area contributed by atoms with Crippen molar-refractivity contribution in [2.45, 2.75) is 26.1 Å². The van der Waals surface area contributed by atoms with E-state index in [2.05, 4.69) is 21.9 Å². The maximum atomic E-state index is 13.5. The van der Waals surface area contributed by atoms with Gasteiger partial charge in [-0.25, -0.2) is 14.1 Å². The zero-order valence-electron chi connectivity index (χ0n) is 14.5. The van der Waals surface area contributed by atoms with Crippen molar-refractivity contribution in [2.75, 3.05) is 5.73 Å². The smallest absolute Gasteiger partial charge is 0.141 e. The summed E-state index contributed by atoms with van der Waals surface area (Å²) in [5.41, 5.74) is 9.58. The van der Waals surface area contributed by atoms with Crippen molar-refractivity contribution >= 4 is 17.4 Å². The monoisotopic (exact) mass is 382 g/mol. The van der Waals surface area contributed by atoms with Gasteiger partial charge in [-0.15, -0.1) is 0 Å². The number of aromatic nitrogens is 3. The minimum atomic E-state index is -0.464. The lowest BCUT2D eigenvalue weighted by atomic mass is 10.1. The summed E-state index contributed by atoms with van der Waals surface area (Å²) in [5.74, 6) is 6.12. The first-order chi connectivity index (χ1) is 13.0. The van der Waals surface area contributed by atoms with Crippen molar-refractivity contribution in [2.24, 2.45) is 0 Å². The summed E-state index contributed by atoms with van der Waals surface area (Å²) in [7, 11) is 0. The molecule has 136 valence electrons. The molecule has 1 aromatic carbocycles. The quantitative estimate of drug-likeness (QED) is 0.654. The lowest BCUT2D eigenvalue weighted by Crippen LogP contribution is -2.21. The molecule has 7 heteroatoms. The number of fused-ring (bicyclic) bond motifs is 1. The highest BCUT2D eigenvalue weighted by Gasteiger charge is 2.25. The van der Waals surface area contributed by atoms with Crippen molar-refractivity contribution in [3.8, 4) is 17.5 Å². The van der Waals surface area contributed by atoms with Gasteiger partial charge >= 0.3 is 0 Å². The number of nitrogens with zero attached hydrogens (tertiary/aromatic N) is 3. The summed E-state index contributed by atoms with van der Waals surface area (Å²) >= 11 is 5.95. The number of hydrogen-bond acceptors (Lipinski definition) is 4. The third-order valence-corrected chi connectivity index (χ3v) is 4.63. The number of rotatable bonds is 1. The molecule has 0 fully saturated rings. The maximum absolute atomic E-state index is 13.5. The van der Waals surface area contributed by atoms with Crippen LogP contribution < -0.4 is 5.73 Å². The molecule has 2 aromatic heterocycles. The fourth-order valence-electron chi connectivity index (χ4n) is 2.94. The Morgan fingerprint density at radius 2 is 2.15 bits per heavy atom. The van der Waals surface area contributed by atoms with E-state index in [0.717, 1.165) is 16.8 Å². The summed E-state index contributed by atoms with van der Waals surface area (Å²) in [5, 5.41) is 4.69. The van der Waals surface area contributed by atoms with Crippen LogP contribution in [0, 0.1) is 17.7 Å². The van der Waals surface area contributed by atoms with Gasteiger partial charge < -0.3 is 10.5 Å². The van der Waals surface area contributed by atoms with E-state index in [1.165, 1.54) is 6.07 Å². The topological polar surface area (TPSA) is 66.0 Å². The molecule has 5 nitrogen and oxygen atoms in total. The average Bonchev–Trinajstić information content (AvgIpc) is 3.01. The normalized spacial score (nSPS) is 15.7. The predicted molar refractivity (Wildman–Crippen MR) is 101 cm³/mol. The first-order valence-corrected chi connectivity index (χ1v) is 8.80. The zero-order valence-corrected chi connectivity index (χ0v) is 15.3. The van der Waals surface area contributed by atoms with E-state index >= 15 is 0 Å². The molecule has 1 aliphatic rings. The second-order valence-electron chi connectivity index (χ2n) is 6.33. The summed E-state index contributed by atoms with van der Waals surface area (Å²) < 4.78 is 21.1. The zero-order chi connectivity index (χ0) is 19.0. The summed E-state index contributed by atoms with van der Waals surface area (Å²) in [6.45, 7) is 2.43. The molecular formula is C20H16ClFN4O. The van der Waals surface area contributed by atoms with Crippen LogP contribution in [0.3, 0.4) is 0 Å². The molecule has 0 saturated carbocycles. The second-order valence-corrected chi connectivity index (χ2v) is 6.74. The summed E-state index contributed by atoms with van der Waals surface area (Å²) in [6, 6.07) is 8.04. The van der Waals surface area contributed by atoms with Crippen LogP contribution in [-0.2, 0) is 17.8 Å². The molecular weight excluding hydrogens is 367 g/mol. The van der Waals surface area contributed by atoms with E-state index in [4.69, 9.17) is 22.1 Å². The van der Waals surface area contributed by atoms with E-state index in [1.807, 2.05) is 6.92 Å². The molecule has 0 bridgehead atoms. The van der Waals surface area contributed by atoms with E-state index < -0.39 is 5.82 Å². The fraction of sp³-hybridized carbons (Fsp3) is 0.200. The molecule has 0 amide bonds. The van der Waals surface area contributed by atoms with Crippen LogP contribution in [-0.4, -0.2) is 20.9 Å². The third-order valence-electron chi connectivity index (χ3n) is 4.34. The number of benzene rings is 1. The molecule has 27 heavy (non-hydrogen) atoms. The Labute approximate surface area is 160 Å². The highest BCUT2D eigenvalue weighted by molar-refractivity contribution is 6.30. The SMILES string of the molecule is C[C@H]1Cc2c(c(C#Cc3ccc(N)nc3)nn2-c2ccc(F)c(Cl)c2)CO1. The Hall–Kier alpha value is -2.88. The molecule has 1 aliphatic heterocycles. The van der Waals surface area contributed by atoms with Gasteiger partial charge in [0.25, 0.3) is 0 Å². The number of anilines is 1. The van der Waals surface area contributed by atoms with E-state index in [-0.39, 0.29) is 11.1 Å². The van der Waals surface area contributed by atoms with Gasteiger partial charge in [-0.1, -0.05) is 17.5 Å². The highest BCUT2D eigenvalue weighted by Crippen LogP contribution is 2.27. The Bertz CT molecular complexity index is 1070. The van der Waals surface area contributed by atoms with Gasteiger partial charge in [0.15, 0.2) is 0 Å². The summed E-state index contributed by atoms with van der Waals surface area (Å²) in [4.78, 5) is 4.03. The maximum Gasteiger partial charge on any atom is 0.141 e. The van der Waals surface area contributed by atoms with Gasteiger partial charge in [-0.3, -0.25) is 0 Å². The number of hydrogen-bond donors (Lipinski definition) is 1. The van der Waals surface area contributed by atoms with E-state index in [0.29, 0.717) is 30.2 Å². The van der Waals surface area contributed by atoms with Crippen LogP contribution in [0.25, 0.3) is 5.69 Å². The van der Waals surface area contributed by atoms with E-state index in [9.17, 15) is 4.39 Å². The minimum Gasteiger partial charge on any atom is -0.384 e. The van der Waals surface area contributed by atoms with Crippen molar-refractivity contribution in [1.82, 2.24) is 14.8 Å². The van der Waals surface area contributed by atoms with Crippen LogP contribution in [0.4, 0.5) is 10.2 Å². The van der Waals surface area contributed by atoms with Gasteiger partial charge in [0.1, 0.15) is 17.3 Å². The minimum absolute atomic E-state index is 0.0532. The van der Waals surface area contributed by atoms with Gasteiger partial charge in [-0.2, -0.15) is 5.10 Å².